The normalized spacial score (nSPS) is 12.9. The molecule has 4 nitrogen and oxygen atoms in total. The van der Waals surface area contributed by atoms with Crippen LogP contribution in [0.1, 0.15) is 37.2 Å². The van der Waals surface area contributed by atoms with E-state index in [4.69, 9.17) is 5.84 Å². The lowest BCUT2D eigenvalue weighted by Gasteiger charge is -2.21. The molecule has 0 aliphatic carbocycles. The summed E-state index contributed by atoms with van der Waals surface area (Å²) in [7, 11) is 0. The van der Waals surface area contributed by atoms with E-state index in [2.05, 4.69) is 26.5 Å². The molecule has 0 amide bonds. The Kier molecular flexibility index (Phi) is 5.08. The quantitative estimate of drug-likeness (QED) is 0.637. The van der Waals surface area contributed by atoms with Crippen LogP contribution < -0.4 is 11.3 Å². The lowest BCUT2D eigenvalue weighted by atomic mass is 10.0. The summed E-state index contributed by atoms with van der Waals surface area (Å²) in [5.41, 5.74) is 3.38. The van der Waals surface area contributed by atoms with Gasteiger partial charge in [0.15, 0.2) is 0 Å². The third kappa shape index (κ3) is 3.30. The van der Waals surface area contributed by atoms with E-state index < -0.39 is 17.7 Å². The number of halogens is 3. The number of hydrazine groups is 1. The number of hydrogen-bond acceptors (Lipinski definition) is 3. The van der Waals surface area contributed by atoms with Gasteiger partial charge in [-0.3, -0.25) is 16.0 Å². The summed E-state index contributed by atoms with van der Waals surface area (Å²) >= 11 is 3.41. The molecule has 0 spiro atoms. The number of nitrogens with zero attached hydrogens (tertiary/aromatic N) is 2. The first kappa shape index (κ1) is 16.1. The highest BCUT2D eigenvalue weighted by molar-refractivity contribution is 9.10. The molecule has 0 aliphatic heterocycles. The molecule has 1 unspecified atom stereocenters. The Labute approximate surface area is 130 Å². The molecule has 0 fully saturated rings. The molecule has 7 heteroatoms. The van der Waals surface area contributed by atoms with Crippen molar-refractivity contribution < 1.29 is 8.78 Å². The first-order valence-corrected chi connectivity index (χ1v) is 7.37. The van der Waals surface area contributed by atoms with Gasteiger partial charge in [-0.1, -0.05) is 6.07 Å². The van der Waals surface area contributed by atoms with Crippen molar-refractivity contribution in [3.8, 4) is 0 Å². The summed E-state index contributed by atoms with van der Waals surface area (Å²) < 4.78 is 30.1. The van der Waals surface area contributed by atoms with Crippen molar-refractivity contribution in [3.63, 3.8) is 0 Å². The summed E-state index contributed by atoms with van der Waals surface area (Å²) in [6.45, 7) is 3.94. The van der Waals surface area contributed by atoms with E-state index in [1.807, 2.05) is 13.8 Å². The molecule has 1 heterocycles. The number of nitrogens with two attached hydrogens (primary N) is 1. The molecule has 0 bridgehead atoms. The average molecular weight is 359 g/mol. The summed E-state index contributed by atoms with van der Waals surface area (Å²) in [5.74, 6) is 4.43. The van der Waals surface area contributed by atoms with E-state index >= 15 is 0 Å². The van der Waals surface area contributed by atoms with Gasteiger partial charge < -0.3 is 0 Å². The molecular weight excluding hydrogens is 342 g/mol. The van der Waals surface area contributed by atoms with E-state index in [0.29, 0.717) is 0 Å². The lowest BCUT2D eigenvalue weighted by Crippen LogP contribution is -2.32. The molecule has 21 heavy (non-hydrogen) atoms. The fourth-order valence-corrected chi connectivity index (χ4v) is 2.80. The highest BCUT2D eigenvalue weighted by Crippen LogP contribution is 2.29. The zero-order valence-electron chi connectivity index (χ0n) is 11.8. The van der Waals surface area contributed by atoms with Crippen LogP contribution in [0.4, 0.5) is 8.78 Å². The van der Waals surface area contributed by atoms with Gasteiger partial charge in [0.25, 0.3) is 0 Å². The zero-order valence-corrected chi connectivity index (χ0v) is 13.4. The molecule has 1 aromatic carbocycles. The maximum absolute atomic E-state index is 13.8. The monoisotopic (exact) mass is 358 g/mol. The Bertz CT molecular complexity index is 607. The number of hydrogen-bond donors (Lipinski definition) is 2. The minimum atomic E-state index is -0.581. The third-order valence-electron chi connectivity index (χ3n) is 3.28. The van der Waals surface area contributed by atoms with Gasteiger partial charge in [-0.2, -0.15) is 5.10 Å². The number of aromatic nitrogens is 2. The summed E-state index contributed by atoms with van der Waals surface area (Å²) in [6.07, 6.45) is 1.74. The van der Waals surface area contributed by atoms with Gasteiger partial charge in [0.2, 0.25) is 0 Å². The topological polar surface area (TPSA) is 55.9 Å². The molecule has 1 aromatic heterocycles. The maximum atomic E-state index is 13.8. The smallest absolute Gasteiger partial charge is 0.129 e. The largest absolute Gasteiger partial charge is 0.271 e. The van der Waals surface area contributed by atoms with Crippen molar-refractivity contribution in [2.75, 3.05) is 0 Å². The van der Waals surface area contributed by atoms with Crippen molar-refractivity contribution in [1.29, 1.82) is 0 Å². The van der Waals surface area contributed by atoms with Gasteiger partial charge in [-0.05, 0) is 41.9 Å². The van der Waals surface area contributed by atoms with Gasteiger partial charge in [0.1, 0.15) is 11.6 Å². The average Bonchev–Trinajstić information content (AvgIpc) is 2.81. The van der Waals surface area contributed by atoms with Crippen LogP contribution >= 0.6 is 15.9 Å². The van der Waals surface area contributed by atoms with Crippen molar-refractivity contribution >= 4 is 15.9 Å². The Morgan fingerprint density at radius 3 is 2.48 bits per heavy atom. The van der Waals surface area contributed by atoms with Gasteiger partial charge in [-0.25, -0.2) is 8.78 Å². The molecule has 0 aliphatic rings. The van der Waals surface area contributed by atoms with Crippen LogP contribution in [0, 0.1) is 11.6 Å². The van der Waals surface area contributed by atoms with Gasteiger partial charge in [-0.15, -0.1) is 0 Å². The Hall–Kier alpha value is -1.31. The first-order chi connectivity index (χ1) is 9.95. The van der Waals surface area contributed by atoms with E-state index in [0.717, 1.165) is 10.2 Å². The van der Waals surface area contributed by atoms with Crippen molar-refractivity contribution in [1.82, 2.24) is 15.2 Å². The van der Waals surface area contributed by atoms with Crippen LogP contribution in [0.5, 0.6) is 0 Å². The number of benzene rings is 1. The molecule has 0 radical (unpaired) electrons. The molecule has 2 aromatic rings. The Morgan fingerprint density at radius 1 is 1.33 bits per heavy atom. The molecule has 3 N–H and O–H groups in total. The SMILES string of the molecule is CC(C)n1ncc(Br)c1C(Cc1c(F)cccc1F)NN. The van der Waals surface area contributed by atoms with Gasteiger partial charge in [0.05, 0.1) is 22.4 Å². The molecular formula is C14H17BrF2N4. The van der Waals surface area contributed by atoms with Crippen LogP contribution in [-0.2, 0) is 6.42 Å². The number of rotatable bonds is 5. The highest BCUT2D eigenvalue weighted by atomic mass is 79.9. The molecule has 0 saturated heterocycles. The molecule has 2 rings (SSSR count). The van der Waals surface area contributed by atoms with Gasteiger partial charge in [0, 0.05) is 18.0 Å². The van der Waals surface area contributed by atoms with Crippen LogP contribution in [-0.4, -0.2) is 9.78 Å². The minimum absolute atomic E-state index is 0.00357. The van der Waals surface area contributed by atoms with Crippen LogP contribution in [0.2, 0.25) is 0 Å². The van der Waals surface area contributed by atoms with Crippen molar-refractivity contribution in [3.05, 3.63) is 51.8 Å². The van der Waals surface area contributed by atoms with Crippen LogP contribution in [0.3, 0.4) is 0 Å². The zero-order chi connectivity index (χ0) is 15.6. The van der Waals surface area contributed by atoms with Gasteiger partial charge >= 0.3 is 0 Å². The second-order valence-electron chi connectivity index (χ2n) is 5.04. The highest BCUT2D eigenvalue weighted by Gasteiger charge is 2.23. The standard InChI is InChI=1S/C14H17BrF2N4/c1-8(2)21-14(10(15)7-19-21)13(20-18)6-9-11(16)4-3-5-12(9)17/h3-5,7-8,13,20H,6,18H2,1-2H3. The fourth-order valence-electron chi connectivity index (χ4n) is 2.25. The first-order valence-electron chi connectivity index (χ1n) is 6.57. The van der Waals surface area contributed by atoms with E-state index in [1.165, 1.54) is 18.2 Å². The number of nitrogens with one attached hydrogen (secondary N) is 1. The van der Waals surface area contributed by atoms with E-state index in [1.54, 1.807) is 10.9 Å². The maximum Gasteiger partial charge on any atom is 0.129 e. The van der Waals surface area contributed by atoms with Crippen molar-refractivity contribution in [2.24, 2.45) is 5.84 Å². The fraction of sp³-hybridized carbons (Fsp3) is 0.357. The molecule has 0 saturated carbocycles. The van der Waals surface area contributed by atoms with Crippen LogP contribution in [0.25, 0.3) is 0 Å². The molecule has 114 valence electrons. The summed E-state index contributed by atoms with van der Waals surface area (Å²) in [4.78, 5) is 0. The van der Waals surface area contributed by atoms with Crippen LogP contribution in [0.15, 0.2) is 28.9 Å². The Morgan fingerprint density at radius 2 is 1.95 bits per heavy atom. The van der Waals surface area contributed by atoms with Crippen molar-refractivity contribution in [2.45, 2.75) is 32.4 Å². The summed E-state index contributed by atoms with van der Waals surface area (Å²) in [5, 5.41) is 4.26. The lowest BCUT2D eigenvalue weighted by molar-refractivity contribution is 0.435. The summed E-state index contributed by atoms with van der Waals surface area (Å²) in [6, 6.07) is 3.46. The predicted molar refractivity (Wildman–Crippen MR) is 80.4 cm³/mol. The second-order valence-corrected chi connectivity index (χ2v) is 5.89. The van der Waals surface area contributed by atoms with E-state index in [-0.39, 0.29) is 18.0 Å². The second kappa shape index (κ2) is 6.64. The molecule has 1 atom stereocenters. The Balaban J connectivity index is 2.39. The predicted octanol–water partition coefficient (Wildman–Crippen LogP) is 3.25. The van der Waals surface area contributed by atoms with E-state index in [9.17, 15) is 8.78 Å². The minimum Gasteiger partial charge on any atom is -0.271 e. The third-order valence-corrected chi connectivity index (χ3v) is 3.89.